The number of halogens is 1. The maximum Gasteiger partial charge on any atom is 0.0455 e. The summed E-state index contributed by atoms with van der Waals surface area (Å²) in [4.78, 5) is 2.17. The van der Waals surface area contributed by atoms with Crippen LogP contribution in [0, 0.1) is 0 Å². The lowest BCUT2D eigenvalue weighted by molar-refractivity contribution is 0.817. The van der Waals surface area contributed by atoms with Crippen molar-refractivity contribution in [2.45, 2.75) is 19.5 Å². The van der Waals surface area contributed by atoms with Gasteiger partial charge in [-0.3, -0.25) is 0 Å². The Labute approximate surface area is 119 Å². The Hall–Kier alpha value is -1.51. The van der Waals surface area contributed by atoms with Gasteiger partial charge in [0, 0.05) is 30.3 Å². The SMILES string of the molecule is C[C@@H](N)c1ccc(N(C)Cc2ccccc2Cl)cc1. The quantitative estimate of drug-likeness (QED) is 0.913. The topological polar surface area (TPSA) is 29.3 Å². The van der Waals surface area contributed by atoms with E-state index in [9.17, 15) is 0 Å². The molecule has 2 N–H and O–H groups in total. The average molecular weight is 275 g/mol. The average Bonchev–Trinajstić information content (AvgIpc) is 2.41. The summed E-state index contributed by atoms with van der Waals surface area (Å²) in [6.45, 7) is 2.78. The standard InChI is InChI=1S/C16H19ClN2/c1-12(18)13-7-9-15(10-8-13)19(2)11-14-5-3-4-6-16(14)17/h3-10,12H,11,18H2,1-2H3/t12-/m1/s1. The van der Waals surface area contributed by atoms with Crippen LogP contribution in [-0.2, 0) is 6.54 Å². The summed E-state index contributed by atoms with van der Waals surface area (Å²) in [7, 11) is 2.06. The third-order valence-corrected chi connectivity index (χ3v) is 3.59. The first-order valence-electron chi connectivity index (χ1n) is 6.38. The molecule has 0 aliphatic carbocycles. The maximum atomic E-state index is 6.18. The van der Waals surface area contributed by atoms with Gasteiger partial charge < -0.3 is 10.6 Å². The molecular formula is C16H19ClN2. The van der Waals surface area contributed by atoms with Crippen molar-refractivity contribution in [2.24, 2.45) is 5.73 Å². The first kappa shape index (κ1) is 13.9. The van der Waals surface area contributed by atoms with Gasteiger partial charge in [0.25, 0.3) is 0 Å². The molecule has 100 valence electrons. The second-order valence-electron chi connectivity index (χ2n) is 4.83. The van der Waals surface area contributed by atoms with Crippen molar-refractivity contribution in [1.29, 1.82) is 0 Å². The molecule has 0 radical (unpaired) electrons. The Morgan fingerprint density at radius 1 is 1.11 bits per heavy atom. The summed E-state index contributed by atoms with van der Waals surface area (Å²) in [6.07, 6.45) is 0. The molecule has 0 saturated heterocycles. The van der Waals surface area contributed by atoms with Crippen LogP contribution >= 0.6 is 11.6 Å². The van der Waals surface area contributed by atoms with Crippen molar-refractivity contribution < 1.29 is 0 Å². The smallest absolute Gasteiger partial charge is 0.0455 e. The van der Waals surface area contributed by atoms with E-state index in [-0.39, 0.29) is 6.04 Å². The molecule has 0 fully saturated rings. The van der Waals surface area contributed by atoms with Crippen molar-refractivity contribution in [2.75, 3.05) is 11.9 Å². The molecule has 2 aromatic carbocycles. The zero-order valence-electron chi connectivity index (χ0n) is 11.3. The molecule has 2 nitrogen and oxygen atoms in total. The van der Waals surface area contributed by atoms with E-state index in [0.29, 0.717) is 0 Å². The van der Waals surface area contributed by atoms with Crippen LogP contribution in [-0.4, -0.2) is 7.05 Å². The fourth-order valence-corrected chi connectivity index (χ4v) is 2.20. The highest BCUT2D eigenvalue weighted by Gasteiger charge is 2.06. The van der Waals surface area contributed by atoms with E-state index in [1.54, 1.807) is 0 Å². The van der Waals surface area contributed by atoms with Crippen LogP contribution < -0.4 is 10.6 Å². The van der Waals surface area contributed by atoms with E-state index >= 15 is 0 Å². The number of hydrogen-bond acceptors (Lipinski definition) is 2. The van der Waals surface area contributed by atoms with Gasteiger partial charge >= 0.3 is 0 Å². The van der Waals surface area contributed by atoms with Crippen molar-refractivity contribution in [3.8, 4) is 0 Å². The summed E-state index contributed by atoms with van der Waals surface area (Å²) in [5, 5.41) is 0.807. The van der Waals surface area contributed by atoms with Gasteiger partial charge in [0.15, 0.2) is 0 Å². The van der Waals surface area contributed by atoms with E-state index < -0.39 is 0 Å². The summed E-state index contributed by atoms with van der Waals surface area (Å²) >= 11 is 6.18. The Kier molecular flexibility index (Phi) is 4.46. The number of nitrogens with zero attached hydrogens (tertiary/aromatic N) is 1. The van der Waals surface area contributed by atoms with Gasteiger partial charge in [-0.1, -0.05) is 41.9 Å². The molecule has 0 aromatic heterocycles. The minimum atomic E-state index is 0.0722. The fourth-order valence-electron chi connectivity index (χ4n) is 2.01. The molecule has 2 rings (SSSR count). The minimum absolute atomic E-state index is 0.0722. The van der Waals surface area contributed by atoms with E-state index in [2.05, 4.69) is 42.3 Å². The van der Waals surface area contributed by atoms with Crippen LogP contribution in [0.1, 0.15) is 24.1 Å². The summed E-state index contributed by atoms with van der Waals surface area (Å²) < 4.78 is 0. The van der Waals surface area contributed by atoms with Crippen molar-refractivity contribution in [1.82, 2.24) is 0 Å². The highest BCUT2D eigenvalue weighted by Crippen LogP contribution is 2.21. The van der Waals surface area contributed by atoms with E-state index in [1.165, 1.54) is 0 Å². The predicted molar refractivity (Wildman–Crippen MR) is 82.6 cm³/mol. The molecule has 0 saturated carbocycles. The Morgan fingerprint density at radius 2 is 1.74 bits per heavy atom. The van der Waals surface area contributed by atoms with Gasteiger partial charge in [-0.15, -0.1) is 0 Å². The fraction of sp³-hybridized carbons (Fsp3) is 0.250. The van der Waals surface area contributed by atoms with Gasteiger partial charge in [-0.25, -0.2) is 0 Å². The lowest BCUT2D eigenvalue weighted by Gasteiger charge is -2.20. The van der Waals surface area contributed by atoms with Gasteiger partial charge in [0.05, 0.1) is 0 Å². The highest BCUT2D eigenvalue weighted by molar-refractivity contribution is 6.31. The van der Waals surface area contributed by atoms with Crippen molar-refractivity contribution >= 4 is 17.3 Å². The van der Waals surface area contributed by atoms with Gasteiger partial charge in [0.1, 0.15) is 0 Å². The molecule has 0 heterocycles. The zero-order valence-corrected chi connectivity index (χ0v) is 12.1. The molecule has 2 aromatic rings. The Balaban J connectivity index is 2.12. The molecule has 3 heteroatoms. The van der Waals surface area contributed by atoms with Gasteiger partial charge in [0.2, 0.25) is 0 Å². The third-order valence-electron chi connectivity index (χ3n) is 3.22. The highest BCUT2D eigenvalue weighted by atomic mass is 35.5. The van der Waals surface area contributed by atoms with Gasteiger partial charge in [-0.05, 0) is 36.2 Å². The molecule has 1 atom stereocenters. The lowest BCUT2D eigenvalue weighted by Crippen LogP contribution is -2.16. The molecule has 19 heavy (non-hydrogen) atoms. The van der Waals surface area contributed by atoms with E-state index in [4.69, 9.17) is 17.3 Å². The molecule has 0 bridgehead atoms. The number of nitrogens with two attached hydrogens (primary N) is 1. The minimum Gasteiger partial charge on any atom is -0.370 e. The second-order valence-corrected chi connectivity index (χ2v) is 5.23. The molecule has 0 amide bonds. The van der Waals surface area contributed by atoms with Crippen LogP contribution in [0.5, 0.6) is 0 Å². The third kappa shape index (κ3) is 3.49. The van der Waals surface area contributed by atoms with Gasteiger partial charge in [-0.2, -0.15) is 0 Å². The molecular weight excluding hydrogens is 256 g/mol. The number of hydrogen-bond donors (Lipinski definition) is 1. The Bertz CT molecular complexity index is 535. The molecule has 0 aliphatic rings. The summed E-state index contributed by atoms with van der Waals surface area (Å²) in [5.41, 5.74) is 9.28. The number of benzene rings is 2. The monoisotopic (exact) mass is 274 g/mol. The molecule has 0 spiro atoms. The summed E-state index contributed by atoms with van der Waals surface area (Å²) in [6, 6.07) is 16.3. The zero-order chi connectivity index (χ0) is 13.8. The van der Waals surface area contributed by atoms with Crippen molar-refractivity contribution in [3.05, 3.63) is 64.7 Å². The maximum absolute atomic E-state index is 6.18. The molecule has 0 unspecified atom stereocenters. The second kappa shape index (κ2) is 6.09. The van der Waals surface area contributed by atoms with Crippen LogP contribution in [0.4, 0.5) is 5.69 Å². The summed E-state index contributed by atoms with van der Waals surface area (Å²) in [5.74, 6) is 0. The number of rotatable bonds is 4. The first-order valence-corrected chi connectivity index (χ1v) is 6.76. The van der Waals surface area contributed by atoms with Crippen LogP contribution in [0.2, 0.25) is 5.02 Å². The largest absolute Gasteiger partial charge is 0.370 e. The predicted octanol–water partition coefficient (Wildman–Crippen LogP) is 4.00. The van der Waals surface area contributed by atoms with Crippen LogP contribution in [0.15, 0.2) is 48.5 Å². The lowest BCUT2D eigenvalue weighted by atomic mass is 10.1. The van der Waals surface area contributed by atoms with Crippen LogP contribution in [0.3, 0.4) is 0 Å². The Morgan fingerprint density at radius 3 is 2.32 bits per heavy atom. The van der Waals surface area contributed by atoms with Crippen molar-refractivity contribution in [3.63, 3.8) is 0 Å². The first-order chi connectivity index (χ1) is 9.08. The normalized spacial score (nSPS) is 12.2. The van der Waals surface area contributed by atoms with Crippen LogP contribution in [0.25, 0.3) is 0 Å². The number of anilines is 1. The van der Waals surface area contributed by atoms with E-state index in [0.717, 1.165) is 28.4 Å². The van der Waals surface area contributed by atoms with E-state index in [1.807, 2.05) is 25.1 Å². The molecule has 0 aliphatic heterocycles.